The molecule has 0 aliphatic carbocycles. The van der Waals surface area contributed by atoms with Gasteiger partial charge in [-0.05, 0) is 30.5 Å². The third-order valence-corrected chi connectivity index (χ3v) is 3.47. The zero-order valence-corrected chi connectivity index (χ0v) is 13.8. The summed E-state index contributed by atoms with van der Waals surface area (Å²) < 4.78 is 0. The zero-order valence-electron chi connectivity index (χ0n) is 13.8. The van der Waals surface area contributed by atoms with E-state index in [1.54, 1.807) is 12.1 Å². The van der Waals surface area contributed by atoms with Crippen molar-refractivity contribution >= 4 is 11.7 Å². The standard InChI is InChI=1S/C18H24N4O/c1-3-12-22(13-4-2)18(23)16-10-11-17(21-20-16)19-14-15-8-6-5-7-9-15/h5-11H,3-4,12-14H2,1-2H3,(H,19,21). The van der Waals surface area contributed by atoms with E-state index in [1.165, 1.54) is 5.56 Å². The first-order valence-electron chi connectivity index (χ1n) is 8.15. The van der Waals surface area contributed by atoms with Gasteiger partial charge in [0, 0.05) is 19.6 Å². The van der Waals surface area contributed by atoms with Crippen LogP contribution in [-0.4, -0.2) is 34.1 Å². The summed E-state index contributed by atoms with van der Waals surface area (Å²) in [5.74, 6) is 0.624. The number of hydrogen-bond acceptors (Lipinski definition) is 4. The predicted molar refractivity (Wildman–Crippen MR) is 92.3 cm³/mol. The smallest absolute Gasteiger partial charge is 0.274 e. The molecule has 2 aromatic rings. The highest BCUT2D eigenvalue weighted by atomic mass is 16.2. The van der Waals surface area contributed by atoms with E-state index in [1.807, 2.05) is 35.2 Å². The Hall–Kier alpha value is -2.43. The largest absolute Gasteiger partial charge is 0.365 e. The lowest BCUT2D eigenvalue weighted by Gasteiger charge is -2.20. The van der Waals surface area contributed by atoms with Crippen LogP contribution in [0.5, 0.6) is 0 Å². The van der Waals surface area contributed by atoms with Crippen molar-refractivity contribution in [3.63, 3.8) is 0 Å². The normalized spacial score (nSPS) is 10.3. The van der Waals surface area contributed by atoms with Crippen LogP contribution in [0.1, 0.15) is 42.7 Å². The summed E-state index contributed by atoms with van der Waals surface area (Å²) >= 11 is 0. The number of carbonyl (C=O) groups excluding carboxylic acids is 1. The molecule has 122 valence electrons. The third kappa shape index (κ3) is 5.06. The van der Waals surface area contributed by atoms with Crippen molar-refractivity contribution in [1.29, 1.82) is 0 Å². The van der Waals surface area contributed by atoms with Gasteiger partial charge in [-0.15, -0.1) is 10.2 Å². The fourth-order valence-electron chi connectivity index (χ4n) is 2.35. The molecule has 1 heterocycles. The predicted octanol–water partition coefficient (Wildman–Crippen LogP) is 3.35. The van der Waals surface area contributed by atoms with Crippen LogP contribution in [-0.2, 0) is 6.54 Å². The van der Waals surface area contributed by atoms with Crippen molar-refractivity contribution in [2.75, 3.05) is 18.4 Å². The second kappa shape index (κ2) is 8.88. The lowest BCUT2D eigenvalue weighted by molar-refractivity contribution is 0.0748. The maximum atomic E-state index is 12.4. The highest BCUT2D eigenvalue weighted by molar-refractivity contribution is 5.92. The van der Waals surface area contributed by atoms with Crippen molar-refractivity contribution in [1.82, 2.24) is 15.1 Å². The average Bonchev–Trinajstić information content (AvgIpc) is 2.60. The molecule has 0 unspecified atom stereocenters. The van der Waals surface area contributed by atoms with Crippen molar-refractivity contribution in [3.05, 3.63) is 53.7 Å². The lowest BCUT2D eigenvalue weighted by atomic mass is 10.2. The molecule has 0 radical (unpaired) electrons. The van der Waals surface area contributed by atoms with Gasteiger partial charge in [-0.1, -0.05) is 44.2 Å². The van der Waals surface area contributed by atoms with Gasteiger partial charge in [-0.25, -0.2) is 0 Å². The fourth-order valence-corrected chi connectivity index (χ4v) is 2.35. The first-order valence-corrected chi connectivity index (χ1v) is 8.15. The van der Waals surface area contributed by atoms with E-state index < -0.39 is 0 Å². The molecule has 0 saturated heterocycles. The molecule has 1 amide bonds. The number of hydrogen-bond donors (Lipinski definition) is 1. The molecule has 23 heavy (non-hydrogen) atoms. The molecule has 5 heteroatoms. The summed E-state index contributed by atoms with van der Waals surface area (Å²) in [6.45, 7) is 6.32. The number of benzene rings is 1. The Morgan fingerprint density at radius 1 is 1.00 bits per heavy atom. The Kier molecular flexibility index (Phi) is 6.54. The van der Waals surface area contributed by atoms with Crippen LogP contribution in [0.3, 0.4) is 0 Å². The van der Waals surface area contributed by atoms with Crippen molar-refractivity contribution in [2.45, 2.75) is 33.2 Å². The quantitative estimate of drug-likeness (QED) is 0.812. The van der Waals surface area contributed by atoms with Crippen LogP contribution in [0, 0.1) is 0 Å². The first kappa shape index (κ1) is 16.9. The Balaban J connectivity index is 1.96. The van der Waals surface area contributed by atoms with E-state index in [2.05, 4.69) is 29.4 Å². The van der Waals surface area contributed by atoms with E-state index in [4.69, 9.17) is 0 Å². The molecule has 0 saturated carbocycles. The third-order valence-electron chi connectivity index (χ3n) is 3.47. The first-order chi connectivity index (χ1) is 11.2. The molecule has 0 bridgehead atoms. The van der Waals surface area contributed by atoms with Crippen LogP contribution in [0.15, 0.2) is 42.5 Å². The summed E-state index contributed by atoms with van der Waals surface area (Å²) in [5.41, 5.74) is 1.57. The Morgan fingerprint density at radius 3 is 2.26 bits per heavy atom. The maximum Gasteiger partial charge on any atom is 0.274 e. The van der Waals surface area contributed by atoms with Crippen LogP contribution in [0.2, 0.25) is 0 Å². The summed E-state index contributed by atoms with van der Waals surface area (Å²) in [7, 11) is 0. The Bertz CT molecular complexity index is 592. The minimum atomic E-state index is -0.0455. The molecule has 1 N–H and O–H groups in total. The summed E-state index contributed by atoms with van der Waals surface area (Å²) in [6, 6.07) is 13.6. The van der Waals surface area contributed by atoms with Gasteiger partial charge >= 0.3 is 0 Å². The Labute approximate surface area is 137 Å². The van der Waals surface area contributed by atoms with E-state index >= 15 is 0 Å². The topological polar surface area (TPSA) is 58.1 Å². The highest BCUT2D eigenvalue weighted by Gasteiger charge is 2.15. The van der Waals surface area contributed by atoms with Crippen LogP contribution < -0.4 is 5.32 Å². The van der Waals surface area contributed by atoms with Crippen molar-refractivity contribution in [2.24, 2.45) is 0 Å². The van der Waals surface area contributed by atoms with E-state index in [9.17, 15) is 4.79 Å². The molecule has 0 aliphatic rings. The molecule has 5 nitrogen and oxygen atoms in total. The monoisotopic (exact) mass is 312 g/mol. The van der Waals surface area contributed by atoms with Crippen LogP contribution in [0.25, 0.3) is 0 Å². The molecule has 1 aromatic carbocycles. The van der Waals surface area contributed by atoms with E-state index in [0.29, 0.717) is 18.1 Å². The molecule has 1 aromatic heterocycles. The van der Waals surface area contributed by atoms with Crippen LogP contribution in [0.4, 0.5) is 5.82 Å². The number of nitrogens with zero attached hydrogens (tertiary/aromatic N) is 3. The number of anilines is 1. The SMILES string of the molecule is CCCN(CCC)C(=O)c1ccc(NCc2ccccc2)nn1. The van der Waals surface area contributed by atoms with Gasteiger partial charge in [0.2, 0.25) is 0 Å². The van der Waals surface area contributed by atoms with Gasteiger partial charge in [0.05, 0.1) is 0 Å². The number of carbonyl (C=O) groups is 1. The van der Waals surface area contributed by atoms with Gasteiger partial charge in [-0.2, -0.15) is 0 Å². The van der Waals surface area contributed by atoms with Crippen molar-refractivity contribution < 1.29 is 4.79 Å². The van der Waals surface area contributed by atoms with Gasteiger partial charge < -0.3 is 10.2 Å². The van der Waals surface area contributed by atoms with E-state index in [0.717, 1.165) is 25.9 Å². The van der Waals surface area contributed by atoms with Gasteiger partial charge in [0.15, 0.2) is 5.69 Å². The van der Waals surface area contributed by atoms with Gasteiger partial charge in [0.1, 0.15) is 5.82 Å². The maximum absolute atomic E-state index is 12.4. The molecular formula is C18H24N4O. The summed E-state index contributed by atoms with van der Waals surface area (Å²) in [6.07, 6.45) is 1.88. The fraction of sp³-hybridized carbons (Fsp3) is 0.389. The molecule has 2 rings (SSSR count). The highest BCUT2D eigenvalue weighted by Crippen LogP contribution is 2.08. The van der Waals surface area contributed by atoms with Crippen molar-refractivity contribution in [3.8, 4) is 0 Å². The number of aromatic nitrogens is 2. The van der Waals surface area contributed by atoms with Crippen LogP contribution >= 0.6 is 0 Å². The number of rotatable bonds is 8. The minimum Gasteiger partial charge on any atom is -0.365 e. The number of amides is 1. The van der Waals surface area contributed by atoms with E-state index in [-0.39, 0.29) is 5.91 Å². The van der Waals surface area contributed by atoms with Gasteiger partial charge in [0.25, 0.3) is 5.91 Å². The zero-order chi connectivity index (χ0) is 16.5. The summed E-state index contributed by atoms with van der Waals surface area (Å²) in [4.78, 5) is 14.3. The molecule has 0 aliphatic heterocycles. The second-order valence-corrected chi connectivity index (χ2v) is 5.44. The van der Waals surface area contributed by atoms with Gasteiger partial charge in [-0.3, -0.25) is 4.79 Å². The lowest BCUT2D eigenvalue weighted by Crippen LogP contribution is -2.33. The number of nitrogens with one attached hydrogen (secondary N) is 1. The average molecular weight is 312 g/mol. The second-order valence-electron chi connectivity index (χ2n) is 5.44. The summed E-state index contributed by atoms with van der Waals surface area (Å²) in [5, 5.41) is 11.4. The molecule has 0 atom stereocenters. The minimum absolute atomic E-state index is 0.0455. The molecular weight excluding hydrogens is 288 g/mol. The molecule has 0 spiro atoms. The Morgan fingerprint density at radius 2 is 1.70 bits per heavy atom. The molecule has 0 fully saturated rings.